The summed E-state index contributed by atoms with van der Waals surface area (Å²) < 4.78 is 0. The van der Waals surface area contributed by atoms with Crippen molar-refractivity contribution in [3.8, 4) is 0 Å². The molecule has 2 N–H and O–H groups in total. The van der Waals surface area contributed by atoms with E-state index >= 15 is 0 Å². The van der Waals surface area contributed by atoms with E-state index in [4.69, 9.17) is 13.6 Å². The molecular weight excluding hydrogens is 132 g/mol. The summed E-state index contributed by atoms with van der Waals surface area (Å²) in [6.45, 7) is 0. The number of halogens is 1. The van der Waals surface area contributed by atoms with Gasteiger partial charge in [-0.1, -0.05) is 17.6 Å². The summed E-state index contributed by atoms with van der Waals surface area (Å²) >= 11 is 0. The molecule has 0 aliphatic heterocycles. The minimum Gasteiger partial charge on any atom is -0.399 e. The van der Waals surface area contributed by atoms with Crippen molar-refractivity contribution >= 4 is 31.4 Å². The van der Waals surface area contributed by atoms with Crippen molar-refractivity contribution < 1.29 is 0 Å². The van der Waals surface area contributed by atoms with Gasteiger partial charge in [0.05, 0.1) is 0 Å². The Morgan fingerprint density at radius 1 is 1.33 bits per heavy atom. The quantitative estimate of drug-likeness (QED) is 0.411. The van der Waals surface area contributed by atoms with Crippen molar-refractivity contribution in [3.05, 3.63) is 24.3 Å². The Labute approximate surface area is 62.1 Å². The van der Waals surface area contributed by atoms with Gasteiger partial charge < -0.3 is 5.73 Å². The average Bonchev–Trinajstić information content (AvgIpc) is 1.64. The molecule has 0 aromatic heterocycles. The third-order valence-electron chi connectivity index (χ3n) is 0.911. The molecular formula is C6H7BClN. The molecule has 0 aliphatic rings. The van der Waals surface area contributed by atoms with Crippen LogP contribution in [0.4, 0.5) is 5.69 Å². The van der Waals surface area contributed by atoms with Gasteiger partial charge in [0.2, 0.25) is 0 Å². The van der Waals surface area contributed by atoms with Crippen LogP contribution in [0.15, 0.2) is 24.3 Å². The van der Waals surface area contributed by atoms with Gasteiger partial charge in [0.25, 0.3) is 0 Å². The SMILES string of the molecule is Cl.[B]c1cccc(N)c1. The summed E-state index contributed by atoms with van der Waals surface area (Å²) in [6, 6.07) is 7.15. The van der Waals surface area contributed by atoms with E-state index in [1.54, 1.807) is 18.2 Å². The molecule has 0 heterocycles. The fourth-order valence-corrected chi connectivity index (χ4v) is 0.559. The van der Waals surface area contributed by atoms with Crippen molar-refractivity contribution in [1.29, 1.82) is 0 Å². The van der Waals surface area contributed by atoms with Crippen molar-refractivity contribution in [3.63, 3.8) is 0 Å². The van der Waals surface area contributed by atoms with Crippen molar-refractivity contribution in [1.82, 2.24) is 0 Å². The Bertz CT molecular complexity index is 173. The van der Waals surface area contributed by atoms with E-state index in [0.717, 1.165) is 0 Å². The first-order valence-corrected chi connectivity index (χ1v) is 2.40. The van der Waals surface area contributed by atoms with Crippen LogP contribution in [-0.4, -0.2) is 7.85 Å². The van der Waals surface area contributed by atoms with E-state index in [0.29, 0.717) is 11.2 Å². The third kappa shape index (κ3) is 2.42. The van der Waals surface area contributed by atoms with E-state index in [1.165, 1.54) is 0 Å². The summed E-state index contributed by atoms with van der Waals surface area (Å²) in [4.78, 5) is 0. The second kappa shape index (κ2) is 3.41. The lowest BCUT2D eigenvalue weighted by atomic mass is 9.96. The van der Waals surface area contributed by atoms with Crippen molar-refractivity contribution in [2.24, 2.45) is 0 Å². The topological polar surface area (TPSA) is 26.0 Å². The van der Waals surface area contributed by atoms with Gasteiger partial charge in [-0.3, -0.25) is 0 Å². The number of hydrogen-bond acceptors (Lipinski definition) is 1. The first kappa shape index (κ1) is 8.37. The zero-order chi connectivity index (χ0) is 5.98. The molecule has 1 aromatic rings. The van der Waals surface area contributed by atoms with E-state index in [1.807, 2.05) is 6.07 Å². The number of nitrogen functional groups attached to an aromatic ring is 1. The van der Waals surface area contributed by atoms with Gasteiger partial charge in [-0.2, -0.15) is 0 Å². The molecule has 0 aliphatic carbocycles. The fourth-order valence-electron chi connectivity index (χ4n) is 0.559. The van der Waals surface area contributed by atoms with Crippen LogP contribution in [-0.2, 0) is 0 Å². The van der Waals surface area contributed by atoms with Crippen LogP contribution in [0.2, 0.25) is 0 Å². The predicted molar refractivity (Wildman–Crippen MR) is 43.5 cm³/mol. The van der Waals surface area contributed by atoms with Gasteiger partial charge in [-0.25, -0.2) is 0 Å². The van der Waals surface area contributed by atoms with Gasteiger partial charge in [0.15, 0.2) is 0 Å². The van der Waals surface area contributed by atoms with Gasteiger partial charge >= 0.3 is 0 Å². The Kier molecular flexibility index (Phi) is 3.17. The molecule has 0 fully saturated rings. The highest BCUT2D eigenvalue weighted by atomic mass is 35.5. The molecule has 0 spiro atoms. The first-order chi connectivity index (χ1) is 3.79. The van der Waals surface area contributed by atoms with Gasteiger partial charge in [-0.05, 0) is 12.1 Å². The normalized spacial score (nSPS) is 8.00. The Balaban J connectivity index is 0.000000640. The van der Waals surface area contributed by atoms with Crippen LogP contribution >= 0.6 is 12.4 Å². The van der Waals surface area contributed by atoms with Crippen LogP contribution in [0.3, 0.4) is 0 Å². The number of anilines is 1. The van der Waals surface area contributed by atoms with E-state index < -0.39 is 0 Å². The summed E-state index contributed by atoms with van der Waals surface area (Å²) in [5.41, 5.74) is 6.80. The van der Waals surface area contributed by atoms with Crippen molar-refractivity contribution in [2.45, 2.75) is 0 Å². The lowest BCUT2D eigenvalue weighted by molar-refractivity contribution is 1.73. The van der Waals surface area contributed by atoms with Crippen LogP contribution in [0.25, 0.3) is 0 Å². The predicted octanol–water partition coefficient (Wildman–Crippen LogP) is 0.484. The van der Waals surface area contributed by atoms with Crippen molar-refractivity contribution in [2.75, 3.05) is 5.73 Å². The third-order valence-corrected chi connectivity index (χ3v) is 0.911. The Morgan fingerprint density at radius 2 is 2.00 bits per heavy atom. The van der Waals surface area contributed by atoms with Gasteiger partial charge in [-0.15, -0.1) is 12.4 Å². The number of hydrogen-bond donors (Lipinski definition) is 1. The summed E-state index contributed by atoms with van der Waals surface area (Å²) in [6.07, 6.45) is 0. The lowest BCUT2D eigenvalue weighted by Crippen LogP contribution is -2.01. The maximum absolute atomic E-state index is 5.38. The van der Waals surface area contributed by atoms with Gasteiger partial charge in [0.1, 0.15) is 7.85 Å². The van der Waals surface area contributed by atoms with Crippen LogP contribution in [0.1, 0.15) is 0 Å². The summed E-state index contributed by atoms with van der Waals surface area (Å²) in [5, 5.41) is 0. The van der Waals surface area contributed by atoms with Crippen LogP contribution in [0.5, 0.6) is 0 Å². The van der Waals surface area contributed by atoms with E-state index in [-0.39, 0.29) is 12.4 Å². The number of rotatable bonds is 0. The molecule has 9 heavy (non-hydrogen) atoms. The zero-order valence-electron chi connectivity index (χ0n) is 4.87. The monoisotopic (exact) mass is 139 g/mol. The van der Waals surface area contributed by atoms with Crippen LogP contribution in [0, 0.1) is 0 Å². The fraction of sp³-hybridized carbons (Fsp3) is 0. The molecule has 0 bridgehead atoms. The molecule has 1 rings (SSSR count). The highest BCUT2D eigenvalue weighted by Crippen LogP contribution is 1.93. The molecule has 46 valence electrons. The standard InChI is InChI=1S/C6H6BN.ClH/c7-5-2-1-3-6(8)4-5;/h1-4H,8H2;1H. The molecule has 1 nitrogen and oxygen atoms in total. The average molecular weight is 139 g/mol. The summed E-state index contributed by atoms with van der Waals surface area (Å²) in [7, 11) is 5.38. The molecule has 3 heteroatoms. The van der Waals surface area contributed by atoms with E-state index in [9.17, 15) is 0 Å². The number of nitrogens with two attached hydrogens (primary N) is 1. The second-order valence-electron chi connectivity index (χ2n) is 1.67. The minimum absolute atomic E-state index is 0. The zero-order valence-corrected chi connectivity index (χ0v) is 5.69. The largest absolute Gasteiger partial charge is 0.399 e. The highest BCUT2D eigenvalue weighted by molar-refractivity contribution is 6.32. The molecule has 0 atom stereocenters. The first-order valence-electron chi connectivity index (χ1n) is 2.40. The maximum atomic E-state index is 5.38. The Hall–Kier alpha value is -0.625. The smallest absolute Gasteiger partial charge is 0.113 e. The number of benzene rings is 1. The lowest BCUT2D eigenvalue weighted by Gasteiger charge is -1.91. The van der Waals surface area contributed by atoms with Crippen LogP contribution < -0.4 is 11.2 Å². The second-order valence-corrected chi connectivity index (χ2v) is 1.67. The molecule has 0 saturated heterocycles. The molecule has 1 aromatic carbocycles. The minimum atomic E-state index is 0. The molecule has 0 amide bonds. The van der Waals surface area contributed by atoms with Gasteiger partial charge in [0, 0.05) is 5.69 Å². The summed E-state index contributed by atoms with van der Waals surface area (Å²) in [5.74, 6) is 0. The maximum Gasteiger partial charge on any atom is 0.113 e. The molecule has 0 saturated carbocycles. The van der Waals surface area contributed by atoms with E-state index in [2.05, 4.69) is 0 Å². The Morgan fingerprint density at radius 3 is 2.33 bits per heavy atom. The molecule has 2 radical (unpaired) electrons. The molecule has 0 unspecified atom stereocenters. The highest BCUT2D eigenvalue weighted by Gasteiger charge is 1.80.